The second-order valence-electron chi connectivity index (χ2n) is 3.15. The first-order valence-electron chi connectivity index (χ1n) is 4.34. The van der Waals surface area contributed by atoms with E-state index < -0.39 is 4.92 Å². The molecule has 0 saturated carbocycles. The Morgan fingerprint density at radius 1 is 1.33 bits per heavy atom. The summed E-state index contributed by atoms with van der Waals surface area (Å²) in [5.74, 6) is 0. The second kappa shape index (κ2) is 3.53. The van der Waals surface area contributed by atoms with Gasteiger partial charge in [-0.1, -0.05) is 5.16 Å². The van der Waals surface area contributed by atoms with Gasteiger partial charge in [0.05, 0.1) is 4.92 Å². The van der Waals surface area contributed by atoms with Gasteiger partial charge in [-0.15, -0.1) is 0 Å². The molecule has 0 atom stereocenters. The third-order valence-electron chi connectivity index (χ3n) is 2.10. The molecular weight excluding hydrogens is 196 g/mol. The summed E-state index contributed by atoms with van der Waals surface area (Å²) in [6, 6.07) is 6.21. The van der Waals surface area contributed by atoms with Crippen LogP contribution in [0.3, 0.4) is 0 Å². The fourth-order valence-electron chi connectivity index (χ4n) is 1.31. The lowest BCUT2D eigenvalue weighted by molar-refractivity contribution is -0.384. The predicted molar refractivity (Wildman–Crippen MR) is 53.3 cm³/mol. The molecule has 0 N–H and O–H groups in total. The Hall–Kier alpha value is -2.17. The van der Waals surface area contributed by atoms with Crippen LogP contribution < -0.4 is 0 Å². The maximum atomic E-state index is 10.4. The Morgan fingerprint density at radius 3 is 2.47 bits per heavy atom. The average Bonchev–Trinajstić information content (AvgIpc) is 2.65. The van der Waals surface area contributed by atoms with Crippen molar-refractivity contribution in [1.82, 2.24) is 5.16 Å². The first-order chi connectivity index (χ1) is 7.18. The van der Waals surface area contributed by atoms with E-state index in [-0.39, 0.29) is 5.69 Å². The van der Waals surface area contributed by atoms with Crippen LogP contribution in [0, 0.1) is 17.0 Å². The molecule has 0 radical (unpaired) electrons. The summed E-state index contributed by atoms with van der Waals surface area (Å²) in [6.07, 6.45) is 1.54. The Kier molecular flexibility index (Phi) is 2.21. The summed E-state index contributed by atoms with van der Waals surface area (Å²) in [6.45, 7) is 1.87. The number of nitro benzene ring substituents is 1. The number of non-ortho nitro benzene ring substituents is 1. The smallest absolute Gasteiger partial charge is 0.269 e. The van der Waals surface area contributed by atoms with Gasteiger partial charge in [-0.25, -0.2) is 0 Å². The van der Waals surface area contributed by atoms with Crippen molar-refractivity contribution in [3.8, 4) is 11.3 Å². The minimum absolute atomic E-state index is 0.0693. The molecule has 0 spiro atoms. The average molecular weight is 204 g/mol. The van der Waals surface area contributed by atoms with E-state index in [2.05, 4.69) is 5.16 Å². The van der Waals surface area contributed by atoms with E-state index in [1.165, 1.54) is 18.4 Å². The Labute approximate surface area is 85.5 Å². The minimum atomic E-state index is -0.431. The zero-order chi connectivity index (χ0) is 10.8. The minimum Gasteiger partial charge on any atom is -0.364 e. The maximum Gasteiger partial charge on any atom is 0.269 e. The van der Waals surface area contributed by atoms with E-state index in [4.69, 9.17) is 4.52 Å². The zero-order valence-electron chi connectivity index (χ0n) is 8.01. The summed E-state index contributed by atoms with van der Waals surface area (Å²) < 4.78 is 4.79. The number of hydrogen-bond donors (Lipinski definition) is 0. The molecule has 0 bridgehead atoms. The van der Waals surface area contributed by atoms with E-state index in [0.29, 0.717) is 5.69 Å². The van der Waals surface area contributed by atoms with Crippen molar-refractivity contribution in [1.29, 1.82) is 0 Å². The third kappa shape index (κ3) is 1.71. The van der Waals surface area contributed by atoms with Crippen molar-refractivity contribution in [3.63, 3.8) is 0 Å². The van der Waals surface area contributed by atoms with Crippen LogP contribution in [-0.4, -0.2) is 10.1 Å². The van der Waals surface area contributed by atoms with Gasteiger partial charge >= 0.3 is 0 Å². The highest BCUT2D eigenvalue weighted by atomic mass is 16.6. The lowest BCUT2D eigenvalue weighted by atomic mass is 10.1. The normalized spacial score (nSPS) is 10.2. The van der Waals surface area contributed by atoms with Crippen molar-refractivity contribution in [2.24, 2.45) is 0 Å². The first-order valence-corrected chi connectivity index (χ1v) is 4.34. The fraction of sp³-hybridized carbons (Fsp3) is 0.100. The number of nitrogens with zero attached hydrogens (tertiary/aromatic N) is 2. The van der Waals surface area contributed by atoms with Gasteiger partial charge in [0.25, 0.3) is 5.69 Å². The summed E-state index contributed by atoms with van der Waals surface area (Å²) in [4.78, 5) is 10.0. The van der Waals surface area contributed by atoms with Crippen LogP contribution in [0.2, 0.25) is 0 Å². The summed E-state index contributed by atoms with van der Waals surface area (Å²) in [5.41, 5.74) is 2.50. The Balaban J connectivity index is 2.40. The molecule has 0 amide bonds. The van der Waals surface area contributed by atoms with Gasteiger partial charge in [0.1, 0.15) is 12.0 Å². The van der Waals surface area contributed by atoms with Crippen LogP contribution in [0.4, 0.5) is 5.69 Å². The number of aromatic nitrogens is 1. The largest absolute Gasteiger partial charge is 0.364 e. The van der Waals surface area contributed by atoms with E-state index >= 15 is 0 Å². The lowest BCUT2D eigenvalue weighted by Gasteiger charge is -1.96. The molecule has 15 heavy (non-hydrogen) atoms. The zero-order valence-corrected chi connectivity index (χ0v) is 8.01. The van der Waals surface area contributed by atoms with Crippen LogP contribution in [-0.2, 0) is 0 Å². The van der Waals surface area contributed by atoms with Crippen LogP contribution in [0.25, 0.3) is 11.3 Å². The molecule has 0 saturated heterocycles. The molecule has 2 aromatic rings. The predicted octanol–water partition coefficient (Wildman–Crippen LogP) is 2.56. The molecule has 5 heteroatoms. The van der Waals surface area contributed by atoms with Crippen molar-refractivity contribution >= 4 is 5.69 Å². The van der Waals surface area contributed by atoms with Crippen molar-refractivity contribution in [2.45, 2.75) is 6.92 Å². The van der Waals surface area contributed by atoms with Gasteiger partial charge in [-0.3, -0.25) is 10.1 Å². The second-order valence-corrected chi connectivity index (χ2v) is 3.15. The van der Waals surface area contributed by atoms with Gasteiger partial charge in [0.2, 0.25) is 0 Å². The van der Waals surface area contributed by atoms with Crippen molar-refractivity contribution in [3.05, 3.63) is 46.2 Å². The standard InChI is InChI=1S/C10H8N2O3/c1-7-6-15-11-10(7)8-2-4-9(5-3-8)12(13)14/h2-6H,1H3. The molecule has 0 aliphatic carbocycles. The van der Waals surface area contributed by atoms with E-state index in [1.54, 1.807) is 12.1 Å². The molecule has 0 fully saturated rings. The van der Waals surface area contributed by atoms with Gasteiger partial charge in [0, 0.05) is 23.3 Å². The maximum absolute atomic E-state index is 10.4. The van der Waals surface area contributed by atoms with Gasteiger partial charge in [0.15, 0.2) is 0 Å². The molecule has 0 aliphatic rings. The van der Waals surface area contributed by atoms with Gasteiger partial charge in [-0.2, -0.15) is 0 Å². The summed E-state index contributed by atoms with van der Waals surface area (Å²) >= 11 is 0. The van der Waals surface area contributed by atoms with E-state index in [9.17, 15) is 10.1 Å². The van der Waals surface area contributed by atoms with Crippen molar-refractivity contribution < 1.29 is 9.45 Å². The van der Waals surface area contributed by atoms with Gasteiger partial charge in [-0.05, 0) is 19.1 Å². The lowest BCUT2D eigenvalue weighted by Crippen LogP contribution is -1.87. The highest BCUT2D eigenvalue weighted by Gasteiger charge is 2.09. The number of nitro groups is 1. The van der Waals surface area contributed by atoms with E-state index in [1.807, 2.05) is 6.92 Å². The monoisotopic (exact) mass is 204 g/mol. The van der Waals surface area contributed by atoms with Crippen LogP contribution in [0.1, 0.15) is 5.56 Å². The topological polar surface area (TPSA) is 69.2 Å². The number of hydrogen-bond acceptors (Lipinski definition) is 4. The quantitative estimate of drug-likeness (QED) is 0.556. The first kappa shape index (κ1) is 9.39. The summed E-state index contributed by atoms with van der Waals surface area (Å²) in [5, 5.41) is 14.3. The number of benzene rings is 1. The molecular formula is C10H8N2O3. The van der Waals surface area contributed by atoms with Crippen LogP contribution in [0.5, 0.6) is 0 Å². The van der Waals surface area contributed by atoms with E-state index in [0.717, 1.165) is 11.1 Å². The molecule has 2 rings (SSSR count). The van der Waals surface area contributed by atoms with Crippen LogP contribution in [0.15, 0.2) is 35.1 Å². The van der Waals surface area contributed by atoms with Crippen molar-refractivity contribution in [2.75, 3.05) is 0 Å². The molecule has 0 aliphatic heterocycles. The fourth-order valence-corrected chi connectivity index (χ4v) is 1.31. The molecule has 1 aromatic carbocycles. The molecule has 0 unspecified atom stereocenters. The molecule has 1 aromatic heterocycles. The Morgan fingerprint density at radius 2 is 2.00 bits per heavy atom. The van der Waals surface area contributed by atoms with Crippen LogP contribution >= 0.6 is 0 Å². The molecule has 5 nitrogen and oxygen atoms in total. The highest BCUT2D eigenvalue weighted by Crippen LogP contribution is 2.23. The number of rotatable bonds is 2. The molecule has 1 heterocycles. The third-order valence-corrected chi connectivity index (χ3v) is 2.10. The SMILES string of the molecule is Cc1conc1-c1ccc([N+](=O)[O-])cc1. The van der Waals surface area contributed by atoms with Gasteiger partial charge < -0.3 is 4.52 Å². The Bertz CT molecular complexity index is 488. The highest BCUT2D eigenvalue weighted by molar-refractivity contribution is 5.63. The molecule has 76 valence electrons. The summed E-state index contributed by atoms with van der Waals surface area (Å²) in [7, 11) is 0. The number of aryl methyl sites for hydroxylation is 1.